The first-order chi connectivity index (χ1) is 8.27. The van der Waals surface area contributed by atoms with Crippen LogP contribution in [0.15, 0.2) is 23.3 Å². The average Bonchev–Trinajstić information content (AvgIpc) is 2.35. The predicted octanol–water partition coefficient (Wildman–Crippen LogP) is 2.12. The molecule has 17 heavy (non-hydrogen) atoms. The second kappa shape index (κ2) is 8.16. The molecule has 0 aliphatic heterocycles. The third kappa shape index (κ3) is 5.25. The number of nitrogens with two attached hydrogens (primary N) is 1. The molecule has 1 aliphatic rings. The lowest BCUT2D eigenvalue weighted by atomic mass is 9.93. The Balaban J connectivity index is 2.34. The lowest BCUT2D eigenvalue weighted by Crippen LogP contribution is -2.23. The van der Waals surface area contributed by atoms with Gasteiger partial charge in [-0.3, -0.25) is 0 Å². The maximum Gasteiger partial charge on any atom is 0.147 e. The van der Waals surface area contributed by atoms with Crippen LogP contribution in [0.3, 0.4) is 0 Å². The summed E-state index contributed by atoms with van der Waals surface area (Å²) < 4.78 is 5.62. The number of hydrogen-bond donors (Lipinski definition) is 2. The third-order valence-electron chi connectivity index (χ3n) is 2.91. The fraction of sp³-hybridized carbons (Fsp3) is 0.714. The molecule has 0 aromatic heterocycles. The van der Waals surface area contributed by atoms with Crippen molar-refractivity contribution in [3.05, 3.63) is 23.3 Å². The van der Waals surface area contributed by atoms with Crippen molar-refractivity contribution in [2.75, 3.05) is 13.2 Å². The van der Waals surface area contributed by atoms with E-state index in [-0.39, 0.29) is 5.92 Å². The molecular weight excluding hydrogens is 214 g/mol. The highest BCUT2D eigenvalue weighted by atomic mass is 16.5. The van der Waals surface area contributed by atoms with Gasteiger partial charge in [0.15, 0.2) is 0 Å². The van der Waals surface area contributed by atoms with Crippen LogP contribution < -0.4 is 5.73 Å². The number of hydrogen-bond acceptors (Lipinski definition) is 3. The van der Waals surface area contributed by atoms with Gasteiger partial charge in [0.05, 0.1) is 12.7 Å². The zero-order chi connectivity index (χ0) is 12.5. The van der Waals surface area contributed by atoms with Gasteiger partial charge in [0.2, 0.25) is 0 Å². The summed E-state index contributed by atoms with van der Waals surface area (Å²) in [4.78, 5) is 0. The van der Waals surface area contributed by atoms with E-state index < -0.39 is 6.10 Å². The van der Waals surface area contributed by atoms with Crippen molar-refractivity contribution in [2.45, 2.75) is 45.1 Å². The number of aliphatic hydroxyl groups excluding tert-OH is 1. The van der Waals surface area contributed by atoms with E-state index in [1.54, 1.807) is 0 Å². The summed E-state index contributed by atoms with van der Waals surface area (Å²) in [6.45, 7) is 3.41. The quantitative estimate of drug-likeness (QED) is 0.502. The maximum atomic E-state index is 9.85. The van der Waals surface area contributed by atoms with Gasteiger partial charge in [-0.1, -0.05) is 25.5 Å². The van der Waals surface area contributed by atoms with Crippen LogP contribution in [0.1, 0.15) is 39.0 Å². The highest BCUT2D eigenvalue weighted by Crippen LogP contribution is 2.21. The average molecular weight is 237 g/mol. The van der Waals surface area contributed by atoms with Crippen molar-refractivity contribution >= 4 is 0 Å². The van der Waals surface area contributed by atoms with Crippen molar-refractivity contribution in [2.24, 2.45) is 11.7 Å². The van der Waals surface area contributed by atoms with E-state index in [2.05, 4.69) is 18.4 Å². The van der Waals surface area contributed by atoms with Crippen LogP contribution in [0.25, 0.3) is 0 Å². The first-order valence-corrected chi connectivity index (χ1v) is 6.49. The van der Waals surface area contributed by atoms with E-state index in [0.717, 1.165) is 18.8 Å². The summed E-state index contributed by atoms with van der Waals surface area (Å²) in [5.41, 5.74) is 11.3. The first-order valence-electron chi connectivity index (χ1n) is 6.49. The van der Waals surface area contributed by atoms with Crippen molar-refractivity contribution in [1.82, 2.24) is 0 Å². The van der Waals surface area contributed by atoms with E-state index in [9.17, 15) is 5.11 Å². The summed E-state index contributed by atoms with van der Waals surface area (Å²) in [5.74, 6) is 0.880. The molecule has 0 saturated carbocycles. The molecule has 0 saturated heterocycles. The minimum absolute atomic E-state index is 0.0703. The first kappa shape index (κ1) is 14.1. The highest BCUT2D eigenvalue weighted by Gasteiger charge is 2.19. The van der Waals surface area contributed by atoms with Gasteiger partial charge in [-0.05, 0) is 31.2 Å². The zero-order valence-electron chi connectivity index (χ0n) is 10.6. The van der Waals surface area contributed by atoms with Crippen molar-refractivity contribution in [3.63, 3.8) is 0 Å². The molecule has 1 rings (SSSR count). The molecule has 2 atom stereocenters. The number of rotatable bonds is 8. The van der Waals surface area contributed by atoms with Gasteiger partial charge >= 0.3 is 0 Å². The summed E-state index contributed by atoms with van der Waals surface area (Å²) in [7, 11) is 0. The van der Waals surface area contributed by atoms with Crippen LogP contribution in [0.4, 0.5) is 0 Å². The second-order valence-electron chi connectivity index (χ2n) is 4.43. The summed E-state index contributed by atoms with van der Waals surface area (Å²) in [6.07, 6.45) is 6.23. The van der Waals surface area contributed by atoms with Crippen LogP contribution in [0.2, 0.25) is 0 Å². The Morgan fingerprint density at radius 1 is 1.59 bits per heavy atom. The Labute approximate surface area is 104 Å². The van der Waals surface area contributed by atoms with Gasteiger partial charge in [-0.25, -0.2) is 0 Å². The Morgan fingerprint density at radius 3 is 3.12 bits per heavy atom. The third-order valence-corrected chi connectivity index (χ3v) is 2.91. The molecule has 0 aromatic rings. The van der Waals surface area contributed by atoms with Gasteiger partial charge < -0.3 is 15.6 Å². The van der Waals surface area contributed by atoms with Gasteiger partial charge in [-0.2, -0.15) is 0 Å². The molecule has 1 aliphatic carbocycles. The fourth-order valence-corrected chi connectivity index (χ4v) is 1.83. The van der Waals surface area contributed by atoms with E-state index in [1.807, 2.05) is 6.08 Å². The maximum absolute atomic E-state index is 9.85. The molecule has 0 fully saturated rings. The summed E-state index contributed by atoms with van der Waals surface area (Å²) in [5, 5.41) is 9.85. The Hall–Kier alpha value is -0.980. The minimum Gasteiger partial charge on any atom is -0.489 e. The van der Waals surface area contributed by atoms with E-state index in [1.165, 1.54) is 12.8 Å². The van der Waals surface area contributed by atoms with E-state index in [0.29, 0.717) is 19.4 Å². The Kier molecular flexibility index (Phi) is 6.76. The SMILES string of the molecule is CCCCCOC1=C=C=CC(C(O)CCN)C1. The van der Waals surface area contributed by atoms with Crippen LogP contribution in [-0.4, -0.2) is 24.4 Å². The zero-order valence-corrected chi connectivity index (χ0v) is 10.6. The molecule has 0 spiro atoms. The van der Waals surface area contributed by atoms with Gasteiger partial charge in [0, 0.05) is 12.3 Å². The molecular formula is C14H23NO2. The Morgan fingerprint density at radius 2 is 2.41 bits per heavy atom. The van der Waals surface area contributed by atoms with Gasteiger partial charge in [-0.15, -0.1) is 0 Å². The normalized spacial score (nSPS) is 20.2. The molecule has 3 N–H and O–H groups in total. The predicted molar refractivity (Wildman–Crippen MR) is 68.4 cm³/mol. The monoisotopic (exact) mass is 237 g/mol. The summed E-state index contributed by atoms with van der Waals surface area (Å²) >= 11 is 0. The lowest BCUT2D eigenvalue weighted by Gasteiger charge is -2.20. The number of unbranched alkanes of at least 4 members (excludes halogenated alkanes) is 2. The van der Waals surface area contributed by atoms with Crippen LogP contribution >= 0.6 is 0 Å². The minimum atomic E-state index is -0.399. The van der Waals surface area contributed by atoms with E-state index >= 15 is 0 Å². The van der Waals surface area contributed by atoms with E-state index in [4.69, 9.17) is 10.5 Å². The van der Waals surface area contributed by atoms with Gasteiger partial charge in [0.1, 0.15) is 5.76 Å². The van der Waals surface area contributed by atoms with Crippen molar-refractivity contribution in [3.8, 4) is 0 Å². The number of ether oxygens (including phenoxy) is 1. The van der Waals surface area contributed by atoms with Crippen molar-refractivity contribution in [1.29, 1.82) is 0 Å². The fourth-order valence-electron chi connectivity index (χ4n) is 1.83. The molecule has 0 heterocycles. The standard InChI is InChI=1S/C14H23NO2/c1-2-3-4-10-17-13-7-5-6-12(11-13)14(16)8-9-15/h6,12,14,16H,2-4,8-11,15H2,1H3. The van der Waals surface area contributed by atoms with Crippen LogP contribution in [-0.2, 0) is 4.74 Å². The topological polar surface area (TPSA) is 55.5 Å². The molecule has 0 amide bonds. The van der Waals surface area contributed by atoms with Crippen LogP contribution in [0, 0.1) is 5.92 Å². The molecule has 0 bridgehead atoms. The smallest absolute Gasteiger partial charge is 0.147 e. The highest BCUT2D eigenvalue weighted by molar-refractivity contribution is 5.07. The largest absolute Gasteiger partial charge is 0.489 e. The molecule has 2 unspecified atom stereocenters. The van der Waals surface area contributed by atoms with Gasteiger partial charge in [0.25, 0.3) is 0 Å². The Bertz CT molecular complexity index is 312. The summed E-state index contributed by atoms with van der Waals surface area (Å²) in [6, 6.07) is 0. The van der Waals surface area contributed by atoms with Crippen LogP contribution in [0.5, 0.6) is 0 Å². The molecule has 3 nitrogen and oxygen atoms in total. The number of allylic oxidation sites excluding steroid dienone is 1. The molecule has 96 valence electrons. The lowest BCUT2D eigenvalue weighted by molar-refractivity contribution is 0.106. The molecule has 3 heteroatoms. The number of aliphatic hydroxyl groups is 1. The second-order valence-corrected chi connectivity index (χ2v) is 4.43. The molecule has 0 radical (unpaired) electrons. The van der Waals surface area contributed by atoms with Crippen molar-refractivity contribution < 1.29 is 9.84 Å². The molecule has 0 aromatic carbocycles.